The number of amides is 1. The molecule has 18 heavy (non-hydrogen) atoms. The van der Waals surface area contributed by atoms with Crippen molar-refractivity contribution in [2.75, 3.05) is 32.6 Å². The average Bonchev–Trinajstić information content (AvgIpc) is 2.46. The maximum atomic E-state index is 12.2. The number of likely N-dealkylation sites (tertiary alicyclic amines) is 1. The van der Waals surface area contributed by atoms with Crippen LogP contribution in [-0.4, -0.2) is 54.4 Å². The highest BCUT2D eigenvalue weighted by molar-refractivity contribution is 5.92. The molecule has 1 atom stereocenters. The topological polar surface area (TPSA) is 67.4 Å². The lowest BCUT2D eigenvalue weighted by atomic mass is 10.1. The predicted molar refractivity (Wildman–Crippen MR) is 67.5 cm³/mol. The second kappa shape index (κ2) is 5.77. The molecule has 6 nitrogen and oxygen atoms in total. The summed E-state index contributed by atoms with van der Waals surface area (Å²) in [4.78, 5) is 14.0. The lowest BCUT2D eigenvalue weighted by Gasteiger charge is -2.31. The Labute approximate surface area is 106 Å². The summed E-state index contributed by atoms with van der Waals surface area (Å²) in [5.41, 5.74) is 0.380. The number of aromatic nitrogens is 2. The minimum atomic E-state index is -0.0769. The first kappa shape index (κ1) is 12.8. The SMILES string of the molecule is CNc1ccc(C(=O)N2CCCC(OC)C2)nn1. The molecule has 0 aliphatic carbocycles. The van der Waals surface area contributed by atoms with Crippen LogP contribution in [0.25, 0.3) is 0 Å². The molecule has 0 radical (unpaired) electrons. The molecule has 0 spiro atoms. The summed E-state index contributed by atoms with van der Waals surface area (Å²) in [6.07, 6.45) is 2.10. The van der Waals surface area contributed by atoms with Gasteiger partial charge in [-0.15, -0.1) is 10.2 Å². The molecule has 1 aliphatic heterocycles. The maximum Gasteiger partial charge on any atom is 0.274 e. The van der Waals surface area contributed by atoms with Crippen molar-refractivity contribution in [1.29, 1.82) is 0 Å². The number of hydrogen-bond donors (Lipinski definition) is 1. The Morgan fingerprint density at radius 3 is 2.94 bits per heavy atom. The van der Waals surface area contributed by atoms with E-state index >= 15 is 0 Å². The van der Waals surface area contributed by atoms with Crippen LogP contribution in [0, 0.1) is 0 Å². The van der Waals surface area contributed by atoms with E-state index in [1.165, 1.54) is 0 Å². The third-order valence-corrected chi connectivity index (χ3v) is 3.14. The Hall–Kier alpha value is -1.69. The molecule has 1 unspecified atom stereocenters. The van der Waals surface area contributed by atoms with Crippen LogP contribution in [0.4, 0.5) is 5.82 Å². The Balaban J connectivity index is 2.05. The van der Waals surface area contributed by atoms with E-state index in [2.05, 4.69) is 15.5 Å². The molecule has 1 fully saturated rings. The molecule has 6 heteroatoms. The lowest BCUT2D eigenvalue weighted by molar-refractivity contribution is 0.0265. The second-order valence-corrected chi connectivity index (χ2v) is 4.30. The summed E-state index contributed by atoms with van der Waals surface area (Å²) in [7, 11) is 3.44. The van der Waals surface area contributed by atoms with Crippen molar-refractivity contribution in [3.05, 3.63) is 17.8 Å². The standard InChI is InChI=1S/C12H18N4O2/c1-13-11-6-5-10(14-15-11)12(17)16-7-3-4-9(8-16)18-2/h5-6,9H,3-4,7-8H2,1-2H3,(H,13,15). The summed E-state index contributed by atoms with van der Waals surface area (Å²) >= 11 is 0. The Kier molecular flexibility index (Phi) is 4.09. The number of methoxy groups -OCH3 is 1. The quantitative estimate of drug-likeness (QED) is 0.858. The first-order valence-electron chi connectivity index (χ1n) is 6.08. The van der Waals surface area contributed by atoms with E-state index in [9.17, 15) is 4.79 Å². The number of carbonyl (C=O) groups is 1. The van der Waals surface area contributed by atoms with Gasteiger partial charge in [-0.2, -0.15) is 0 Å². The van der Waals surface area contributed by atoms with Gasteiger partial charge in [0.05, 0.1) is 6.10 Å². The molecule has 2 rings (SSSR count). The van der Waals surface area contributed by atoms with Crippen molar-refractivity contribution in [2.24, 2.45) is 0 Å². The van der Waals surface area contributed by atoms with Crippen molar-refractivity contribution in [3.63, 3.8) is 0 Å². The summed E-state index contributed by atoms with van der Waals surface area (Å²) < 4.78 is 5.30. The van der Waals surface area contributed by atoms with Crippen LogP contribution in [0.2, 0.25) is 0 Å². The number of nitrogens with zero attached hydrogens (tertiary/aromatic N) is 3. The molecule has 1 aliphatic rings. The zero-order chi connectivity index (χ0) is 13.0. The Morgan fingerprint density at radius 2 is 2.33 bits per heavy atom. The number of piperidine rings is 1. The van der Waals surface area contributed by atoms with Gasteiger partial charge in [0.1, 0.15) is 5.82 Å². The molecule has 0 bridgehead atoms. The molecular formula is C12H18N4O2. The molecular weight excluding hydrogens is 232 g/mol. The summed E-state index contributed by atoms with van der Waals surface area (Å²) in [6, 6.07) is 3.44. The van der Waals surface area contributed by atoms with E-state index in [4.69, 9.17) is 4.74 Å². The summed E-state index contributed by atoms with van der Waals surface area (Å²) in [6.45, 7) is 1.39. The van der Waals surface area contributed by atoms with Crippen molar-refractivity contribution in [3.8, 4) is 0 Å². The first-order chi connectivity index (χ1) is 8.74. The fraction of sp³-hybridized carbons (Fsp3) is 0.583. The molecule has 2 heterocycles. The van der Waals surface area contributed by atoms with Gasteiger partial charge in [-0.3, -0.25) is 4.79 Å². The van der Waals surface area contributed by atoms with Crippen LogP contribution < -0.4 is 5.32 Å². The van der Waals surface area contributed by atoms with Crippen LogP contribution in [0.3, 0.4) is 0 Å². The van der Waals surface area contributed by atoms with Crippen molar-refractivity contribution in [1.82, 2.24) is 15.1 Å². The fourth-order valence-electron chi connectivity index (χ4n) is 2.06. The third kappa shape index (κ3) is 2.76. The van der Waals surface area contributed by atoms with Gasteiger partial charge in [-0.05, 0) is 25.0 Å². The van der Waals surface area contributed by atoms with E-state index in [0.717, 1.165) is 19.4 Å². The van der Waals surface area contributed by atoms with Crippen molar-refractivity contribution < 1.29 is 9.53 Å². The number of hydrogen-bond acceptors (Lipinski definition) is 5. The maximum absolute atomic E-state index is 12.2. The van der Waals surface area contributed by atoms with Crippen LogP contribution >= 0.6 is 0 Å². The molecule has 1 saturated heterocycles. The fourth-order valence-corrected chi connectivity index (χ4v) is 2.06. The smallest absolute Gasteiger partial charge is 0.274 e. The van der Waals surface area contributed by atoms with E-state index in [1.807, 2.05) is 0 Å². The number of anilines is 1. The third-order valence-electron chi connectivity index (χ3n) is 3.14. The van der Waals surface area contributed by atoms with E-state index in [0.29, 0.717) is 18.1 Å². The molecule has 1 aromatic rings. The van der Waals surface area contributed by atoms with Crippen LogP contribution in [0.5, 0.6) is 0 Å². The highest BCUT2D eigenvalue weighted by atomic mass is 16.5. The van der Waals surface area contributed by atoms with Crippen LogP contribution in [-0.2, 0) is 4.74 Å². The van der Waals surface area contributed by atoms with E-state index in [1.54, 1.807) is 31.2 Å². The van der Waals surface area contributed by atoms with E-state index in [-0.39, 0.29) is 12.0 Å². The molecule has 0 saturated carbocycles. The normalized spacial score (nSPS) is 19.7. The number of carbonyl (C=O) groups excluding carboxylic acids is 1. The van der Waals surface area contributed by atoms with Gasteiger partial charge in [0.15, 0.2) is 5.69 Å². The molecule has 0 aromatic carbocycles. The lowest BCUT2D eigenvalue weighted by Crippen LogP contribution is -2.43. The van der Waals surface area contributed by atoms with Gasteiger partial charge in [-0.25, -0.2) is 0 Å². The first-order valence-corrected chi connectivity index (χ1v) is 6.08. The molecule has 1 N–H and O–H groups in total. The monoisotopic (exact) mass is 250 g/mol. The Bertz CT molecular complexity index is 407. The molecule has 98 valence electrons. The van der Waals surface area contributed by atoms with Gasteiger partial charge >= 0.3 is 0 Å². The summed E-state index contributed by atoms with van der Waals surface area (Å²) in [5.74, 6) is 0.576. The molecule has 1 aromatic heterocycles. The number of rotatable bonds is 3. The second-order valence-electron chi connectivity index (χ2n) is 4.30. The minimum Gasteiger partial charge on any atom is -0.380 e. The zero-order valence-corrected chi connectivity index (χ0v) is 10.7. The number of ether oxygens (including phenoxy) is 1. The number of nitrogens with one attached hydrogen (secondary N) is 1. The Morgan fingerprint density at radius 1 is 1.50 bits per heavy atom. The largest absolute Gasteiger partial charge is 0.380 e. The zero-order valence-electron chi connectivity index (χ0n) is 10.7. The van der Waals surface area contributed by atoms with Crippen LogP contribution in [0.1, 0.15) is 23.3 Å². The minimum absolute atomic E-state index is 0.0769. The average molecular weight is 250 g/mol. The van der Waals surface area contributed by atoms with Gasteiger partial charge in [0.25, 0.3) is 5.91 Å². The molecule has 1 amide bonds. The van der Waals surface area contributed by atoms with E-state index < -0.39 is 0 Å². The van der Waals surface area contributed by atoms with Gasteiger partial charge in [0.2, 0.25) is 0 Å². The highest BCUT2D eigenvalue weighted by Crippen LogP contribution is 2.15. The van der Waals surface area contributed by atoms with Gasteiger partial charge in [-0.1, -0.05) is 0 Å². The highest BCUT2D eigenvalue weighted by Gasteiger charge is 2.25. The van der Waals surface area contributed by atoms with Crippen LogP contribution in [0.15, 0.2) is 12.1 Å². The van der Waals surface area contributed by atoms with Gasteiger partial charge in [0, 0.05) is 27.2 Å². The summed E-state index contributed by atoms with van der Waals surface area (Å²) in [5, 5.41) is 10.7. The van der Waals surface area contributed by atoms with Crippen molar-refractivity contribution >= 4 is 11.7 Å². The predicted octanol–water partition coefficient (Wildman–Crippen LogP) is 0.769. The van der Waals surface area contributed by atoms with Gasteiger partial charge < -0.3 is 15.0 Å². The van der Waals surface area contributed by atoms with Crippen molar-refractivity contribution in [2.45, 2.75) is 18.9 Å².